The van der Waals surface area contributed by atoms with Gasteiger partial charge in [-0.3, -0.25) is 4.79 Å². The lowest BCUT2D eigenvalue weighted by atomic mass is 10.1. The summed E-state index contributed by atoms with van der Waals surface area (Å²) in [5.41, 5.74) is 1.01. The summed E-state index contributed by atoms with van der Waals surface area (Å²) in [4.78, 5) is 12.6. The Morgan fingerprint density at radius 3 is 2.54 bits per heavy atom. The van der Waals surface area contributed by atoms with Gasteiger partial charge in [0.1, 0.15) is 18.1 Å². The fourth-order valence-corrected chi connectivity index (χ4v) is 2.71. The number of halogens is 2. The second kappa shape index (κ2) is 9.03. The molecule has 1 heterocycles. The van der Waals surface area contributed by atoms with Crippen molar-refractivity contribution in [3.63, 3.8) is 0 Å². The van der Waals surface area contributed by atoms with E-state index in [9.17, 15) is 13.6 Å². The normalized spacial score (nSPS) is 11.9. The Hall–Kier alpha value is -3.35. The highest BCUT2D eigenvalue weighted by Gasteiger charge is 2.21. The summed E-state index contributed by atoms with van der Waals surface area (Å²) in [6.07, 6.45) is 1.40. The number of hydrogen-bond acceptors (Lipinski definition) is 4. The number of amides is 1. The van der Waals surface area contributed by atoms with Crippen molar-refractivity contribution < 1.29 is 27.5 Å². The van der Waals surface area contributed by atoms with Crippen LogP contribution in [0, 0.1) is 0 Å². The van der Waals surface area contributed by atoms with Gasteiger partial charge in [0.15, 0.2) is 5.76 Å². The number of furan rings is 1. The number of ether oxygens (including phenoxy) is 2. The molecule has 0 radical (unpaired) electrons. The van der Waals surface area contributed by atoms with Gasteiger partial charge < -0.3 is 19.2 Å². The van der Waals surface area contributed by atoms with Crippen LogP contribution >= 0.6 is 0 Å². The first kappa shape index (κ1) is 19.4. The zero-order valence-electron chi connectivity index (χ0n) is 15.1. The van der Waals surface area contributed by atoms with E-state index in [4.69, 9.17) is 9.15 Å². The van der Waals surface area contributed by atoms with Crippen molar-refractivity contribution in [1.82, 2.24) is 5.32 Å². The molecule has 0 bridgehead atoms. The first-order chi connectivity index (χ1) is 13.5. The van der Waals surface area contributed by atoms with Crippen LogP contribution in [0.1, 0.15) is 34.6 Å². The summed E-state index contributed by atoms with van der Waals surface area (Å²) in [5.74, 6) is 0.310. The number of alkyl halides is 2. The van der Waals surface area contributed by atoms with E-state index in [0.717, 1.165) is 0 Å². The minimum absolute atomic E-state index is 0.0115. The molecular weight excluding hydrogens is 368 g/mol. The van der Waals surface area contributed by atoms with Crippen LogP contribution in [-0.2, 0) is 6.61 Å². The van der Waals surface area contributed by atoms with Crippen molar-refractivity contribution >= 4 is 5.91 Å². The van der Waals surface area contributed by atoms with E-state index in [0.29, 0.717) is 16.9 Å². The van der Waals surface area contributed by atoms with Gasteiger partial charge in [0.2, 0.25) is 0 Å². The van der Waals surface area contributed by atoms with Gasteiger partial charge in [0.25, 0.3) is 5.91 Å². The molecule has 0 spiro atoms. The van der Waals surface area contributed by atoms with Crippen LogP contribution in [0.2, 0.25) is 0 Å². The van der Waals surface area contributed by atoms with Crippen molar-refractivity contribution in [2.24, 2.45) is 0 Å². The molecule has 28 heavy (non-hydrogen) atoms. The molecule has 0 aliphatic carbocycles. The van der Waals surface area contributed by atoms with Gasteiger partial charge in [0, 0.05) is 11.1 Å². The lowest BCUT2D eigenvalue weighted by Gasteiger charge is -2.17. The number of rotatable bonds is 8. The van der Waals surface area contributed by atoms with Crippen LogP contribution in [0.25, 0.3) is 0 Å². The number of para-hydroxylation sites is 2. The third-order valence-electron chi connectivity index (χ3n) is 4.04. The van der Waals surface area contributed by atoms with E-state index in [-0.39, 0.29) is 18.1 Å². The second-order valence-electron chi connectivity index (χ2n) is 5.99. The maximum Gasteiger partial charge on any atom is 0.387 e. The molecule has 1 aromatic heterocycles. The van der Waals surface area contributed by atoms with Crippen LogP contribution in [0.4, 0.5) is 8.78 Å². The monoisotopic (exact) mass is 387 g/mol. The number of carbonyl (C=O) groups is 1. The zero-order chi connectivity index (χ0) is 19.9. The standard InChI is InChI=1S/C21H19F2NO4/c1-14(17-9-5-6-10-18(17)28-21(22)23)24-20(25)19-15(11-12-26-19)13-27-16-7-3-2-4-8-16/h2-12,14,21H,13H2,1H3,(H,24,25). The molecule has 2 aromatic carbocycles. The highest BCUT2D eigenvalue weighted by Crippen LogP contribution is 2.27. The van der Waals surface area contributed by atoms with Crippen molar-refractivity contribution in [3.05, 3.63) is 83.8 Å². The summed E-state index contributed by atoms with van der Waals surface area (Å²) in [6.45, 7) is -1.12. The summed E-state index contributed by atoms with van der Waals surface area (Å²) >= 11 is 0. The molecule has 0 saturated carbocycles. The second-order valence-corrected chi connectivity index (χ2v) is 5.99. The summed E-state index contributed by atoms with van der Waals surface area (Å²) in [6, 6.07) is 16.6. The van der Waals surface area contributed by atoms with Crippen LogP contribution in [0.5, 0.6) is 11.5 Å². The lowest BCUT2D eigenvalue weighted by Crippen LogP contribution is -2.27. The molecule has 0 aliphatic heterocycles. The highest BCUT2D eigenvalue weighted by molar-refractivity contribution is 5.93. The quantitative estimate of drug-likeness (QED) is 0.594. The molecule has 7 heteroatoms. The molecule has 1 atom stereocenters. The van der Waals surface area contributed by atoms with Crippen molar-refractivity contribution in [2.75, 3.05) is 0 Å². The lowest BCUT2D eigenvalue weighted by molar-refractivity contribution is -0.0506. The predicted molar refractivity (Wildman–Crippen MR) is 98.4 cm³/mol. The van der Waals surface area contributed by atoms with Gasteiger partial charge in [-0.05, 0) is 31.2 Å². The number of nitrogens with one attached hydrogen (secondary N) is 1. The van der Waals surface area contributed by atoms with Crippen LogP contribution in [-0.4, -0.2) is 12.5 Å². The number of benzene rings is 2. The Morgan fingerprint density at radius 1 is 1.07 bits per heavy atom. The van der Waals surface area contributed by atoms with E-state index < -0.39 is 18.6 Å². The van der Waals surface area contributed by atoms with Crippen LogP contribution in [0.3, 0.4) is 0 Å². The molecule has 0 fully saturated rings. The summed E-state index contributed by atoms with van der Waals surface area (Å²) in [5, 5.41) is 2.74. The van der Waals surface area contributed by atoms with Crippen LogP contribution in [0.15, 0.2) is 71.3 Å². The molecule has 0 aliphatic rings. The molecule has 1 N–H and O–H groups in total. The first-order valence-corrected chi connectivity index (χ1v) is 8.63. The number of carbonyl (C=O) groups excluding carboxylic acids is 1. The summed E-state index contributed by atoms with van der Waals surface area (Å²) < 4.78 is 40.7. The van der Waals surface area contributed by atoms with Crippen LogP contribution < -0.4 is 14.8 Å². The van der Waals surface area contributed by atoms with Gasteiger partial charge in [-0.2, -0.15) is 8.78 Å². The molecule has 3 aromatic rings. The smallest absolute Gasteiger partial charge is 0.387 e. The molecule has 146 valence electrons. The number of hydrogen-bond donors (Lipinski definition) is 1. The Balaban J connectivity index is 1.68. The van der Waals surface area contributed by atoms with E-state index in [1.165, 1.54) is 12.3 Å². The van der Waals surface area contributed by atoms with Crippen molar-refractivity contribution in [2.45, 2.75) is 26.2 Å². The maximum atomic E-state index is 12.6. The SMILES string of the molecule is CC(NC(=O)c1occc1COc1ccccc1)c1ccccc1OC(F)F. The molecule has 3 rings (SSSR count). The van der Waals surface area contributed by atoms with Crippen molar-refractivity contribution in [1.29, 1.82) is 0 Å². The van der Waals surface area contributed by atoms with Gasteiger partial charge >= 0.3 is 6.61 Å². The van der Waals surface area contributed by atoms with E-state index in [1.54, 1.807) is 31.2 Å². The van der Waals surface area contributed by atoms with E-state index in [1.807, 2.05) is 30.3 Å². The Morgan fingerprint density at radius 2 is 1.79 bits per heavy atom. The Labute approximate surface area is 160 Å². The molecule has 1 unspecified atom stereocenters. The fourth-order valence-electron chi connectivity index (χ4n) is 2.71. The van der Waals surface area contributed by atoms with E-state index >= 15 is 0 Å². The minimum Gasteiger partial charge on any atom is -0.489 e. The average molecular weight is 387 g/mol. The van der Waals surface area contributed by atoms with E-state index in [2.05, 4.69) is 10.1 Å². The fraction of sp³-hybridized carbons (Fsp3) is 0.190. The Kier molecular flexibility index (Phi) is 6.26. The van der Waals surface area contributed by atoms with Gasteiger partial charge in [0.05, 0.1) is 12.3 Å². The van der Waals surface area contributed by atoms with Gasteiger partial charge in [-0.1, -0.05) is 36.4 Å². The van der Waals surface area contributed by atoms with Crippen molar-refractivity contribution in [3.8, 4) is 11.5 Å². The predicted octanol–water partition coefficient (Wildman–Crippen LogP) is 4.95. The molecular formula is C21H19F2NO4. The van der Waals surface area contributed by atoms with Gasteiger partial charge in [-0.25, -0.2) is 0 Å². The molecule has 0 saturated heterocycles. The third-order valence-corrected chi connectivity index (χ3v) is 4.04. The average Bonchev–Trinajstić information content (AvgIpc) is 3.16. The first-order valence-electron chi connectivity index (χ1n) is 8.63. The minimum atomic E-state index is -2.95. The molecule has 5 nitrogen and oxygen atoms in total. The molecule has 1 amide bonds. The Bertz CT molecular complexity index is 912. The largest absolute Gasteiger partial charge is 0.489 e. The topological polar surface area (TPSA) is 60.7 Å². The zero-order valence-corrected chi connectivity index (χ0v) is 15.1. The third kappa shape index (κ3) is 4.88. The van der Waals surface area contributed by atoms with Gasteiger partial charge in [-0.15, -0.1) is 0 Å². The maximum absolute atomic E-state index is 12.6. The summed E-state index contributed by atoms with van der Waals surface area (Å²) in [7, 11) is 0. The highest BCUT2D eigenvalue weighted by atomic mass is 19.3.